The first kappa shape index (κ1) is 18.8. The number of carbonyl (C=O) groups excluding carboxylic acids is 1. The average Bonchev–Trinajstić information content (AvgIpc) is 3.31. The summed E-state index contributed by atoms with van der Waals surface area (Å²) in [5, 5.41) is 3.28. The summed E-state index contributed by atoms with van der Waals surface area (Å²) >= 11 is 5.31. The minimum atomic E-state index is -0.232. The number of rotatable bonds is 6. The highest BCUT2D eigenvalue weighted by molar-refractivity contribution is 7.80. The Kier molecular flexibility index (Phi) is 5.31. The topological polar surface area (TPSA) is 63.9 Å². The SMILES string of the molecule is COc1ccccc1OCc1ccc(/C=C2/NC(=S)N(c3ccccc3)C2=O)o1. The highest BCUT2D eigenvalue weighted by atomic mass is 32.1. The van der Waals surface area contributed by atoms with Crippen molar-refractivity contribution in [1.29, 1.82) is 0 Å². The fourth-order valence-electron chi connectivity index (χ4n) is 2.93. The number of nitrogens with one attached hydrogen (secondary N) is 1. The van der Waals surface area contributed by atoms with Crippen LogP contribution in [0.5, 0.6) is 11.5 Å². The van der Waals surface area contributed by atoms with Crippen LogP contribution in [0.25, 0.3) is 6.08 Å². The Bertz CT molecular complexity index is 1080. The molecular formula is C22H18N2O4S. The van der Waals surface area contributed by atoms with E-state index < -0.39 is 0 Å². The van der Waals surface area contributed by atoms with E-state index in [9.17, 15) is 4.79 Å². The highest BCUT2D eigenvalue weighted by Gasteiger charge is 2.32. The first-order valence-electron chi connectivity index (χ1n) is 8.92. The Balaban J connectivity index is 1.46. The van der Waals surface area contributed by atoms with Crippen molar-refractivity contribution >= 4 is 35.0 Å². The largest absolute Gasteiger partial charge is 0.493 e. The molecule has 4 rings (SSSR count). The van der Waals surface area contributed by atoms with Gasteiger partial charge in [0.25, 0.3) is 5.91 Å². The summed E-state index contributed by atoms with van der Waals surface area (Å²) in [5.41, 5.74) is 1.06. The molecule has 3 aromatic rings. The fourth-order valence-corrected chi connectivity index (χ4v) is 3.22. The normalized spacial score (nSPS) is 14.9. The van der Waals surface area contributed by atoms with Gasteiger partial charge in [-0.1, -0.05) is 30.3 Å². The minimum absolute atomic E-state index is 0.232. The number of thiocarbonyl (C=S) groups is 1. The maximum Gasteiger partial charge on any atom is 0.281 e. The van der Waals surface area contributed by atoms with Crippen LogP contribution in [0.3, 0.4) is 0 Å². The van der Waals surface area contributed by atoms with Crippen molar-refractivity contribution in [2.24, 2.45) is 0 Å². The summed E-state index contributed by atoms with van der Waals surface area (Å²) in [6, 6.07) is 20.2. The van der Waals surface area contributed by atoms with Crippen molar-refractivity contribution < 1.29 is 18.7 Å². The van der Waals surface area contributed by atoms with Crippen LogP contribution in [0, 0.1) is 0 Å². The van der Waals surface area contributed by atoms with Crippen molar-refractivity contribution in [1.82, 2.24) is 5.32 Å². The lowest BCUT2D eigenvalue weighted by molar-refractivity contribution is -0.113. The molecule has 7 heteroatoms. The van der Waals surface area contributed by atoms with E-state index in [4.69, 9.17) is 26.1 Å². The van der Waals surface area contributed by atoms with Crippen LogP contribution in [0.2, 0.25) is 0 Å². The third-order valence-electron chi connectivity index (χ3n) is 4.30. The molecule has 1 aromatic heterocycles. The quantitative estimate of drug-likeness (QED) is 0.491. The molecule has 0 bridgehead atoms. The first-order chi connectivity index (χ1) is 14.2. The Morgan fingerprint density at radius 1 is 1.03 bits per heavy atom. The van der Waals surface area contributed by atoms with Crippen LogP contribution in [0.4, 0.5) is 5.69 Å². The van der Waals surface area contributed by atoms with Crippen molar-refractivity contribution in [3.05, 3.63) is 83.9 Å². The molecule has 1 aliphatic rings. The molecule has 0 saturated carbocycles. The third kappa shape index (κ3) is 4.00. The smallest absolute Gasteiger partial charge is 0.281 e. The number of methoxy groups -OCH3 is 1. The van der Waals surface area contributed by atoms with Gasteiger partial charge < -0.3 is 19.2 Å². The molecule has 146 valence electrons. The molecule has 1 amide bonds. The van der Waals surface area contributed by atoms with Crippen LogP contribution < -0.4 is 19.7 Å². The van der Waals surface area contributed by atoms with E-state index >= 15 is 0 Å². The number of ether oxygens (including phenoxy) is 2. The molecule has 1 N–H and O–H groups in total. The third-order valence-corrected chi connectivity index (χ3v) is 4.59. The van der Waals surface area contributed by atoms with Crippen molar-refractivity contribution in [2.45, 2.75) is 6.61 Å². The zero-order valence-electron chi connectivity index (χ0n) is 15.6. The molecule has 1 aliphatic heterocycles. The van der Waals surface area contributed by atoms with Gasteiger partial charge in [0.05, 0.1) is 12.8 Å². The van der Waals surface area contributed by atoms with E-state index in [0.717, 1.165) is 0 Å². The molecule has 2 heterocycles. The van der Waals surface area contributed by atoms with Crippen molar-refractivity contribution in [3.8, 4) is 11.5 Å². The number of anilines is 1. The Hall–Kier alpha value is -3.58. The maximum absolute atomic E-state index is 12.7. The van der Waals surface area contributed by atoms with Crippen molar-refractivity contribution in [2.75, 3.05) is 12.0 Å². The molecule has 1 fully saturated rings. The summed E-state index contributed by atoms with van der Waals surface area (Å²) in [4.78, 5) is 14.2. The highest BCUT2D eigenvalue weighted by Crippen LogP contribution is 2.27. The lowest BCUT2D eigenvalue weighted by Gasteiger charge is -2.13. The zero-order chi connectivity index (χ0) is 20.2. The van der Waals surface area contributed by atoms with Crippen LogP contribution >= 0.6 is 12.2 Å². The average molecular weight is 406 g/mol. The second kappa shape index (κ2) is 8.20. The monoisotopic (exact) mass is 406 g/mol. The molecule has 0 atom stereocenters. The minimum Gasteiger partial charge on any atom is -0.493 e. The molecule has 0 aliphatic carbocycles. The van der Waals surface area contributed by atoms with Gasteiger partial charge >= 0.3 is 0 Å². The number of para-hydroxylation sites is 3. The Morgan fingerprint density at radius 2 is 1.76 bits per heavy atom. The Morgan fingerprint density at radius 3 is 2.52 bits per heavy atom. The van der Waals surface area contributed by atoms with Crippen LogP contribution in [0.15, 0.2) is 76.8 Å². The summed E-state index contributed by atoms with van der Waals surface area (Å²) < 4.78 is 16.8. The van der Waals surface area contributed by atoms with Crippen LogP contribution in [-0.4, -0.2) is 18.1 Å². The van der Waals surface area contributed by atoms with E-state index in [1.165, 1.54) is 4.90 Å². The van der Waals surface area contributed by atoms with Gasteiger partial charge in [-0.25, -0.2) is 0 Å². The van der Waals surface area contributed by atoms with Gasteiger partial charge in [-0.3, -0.25) is 9.69 Å². The molecule has 2 aromatic carbocycles. The fraction of sp³-hybridized carbons (Fsp3) is 0.0909. The van der Waals surface area contributed by atoms with Gasteiger partial charge in [-0.05, 0) is 48.6 Å². The van der Waals surface area contributed by atoms with Gasteiger partial charge in [-0.2, -0.15) is 0 Å². The van der Waals surface area contributed by atoms with E-state index in [1.807, 2.05) is 54.6 Å². The maximum atomic E-state index is 12.7. The van der Waals surface area contributed by atoms with Gasteiger partial charge in [-0.15, -0.1) is 0 Å². The molecule has 29 heavy (non-hydrogen) atoms. The van der Waals surface area contributed by atoms with E-state index in [2.05, 4.69) is 5.32 Å². The lowest BCUT2D eigenvalue weighted by Crippen LogP contribution is -2.30. The van der Waals surface area contributed by atoms with Gasteiger partial charge in [0, 0.05) is 6.08 Å². The lowest BCUT2D eigenvalue weighted by atomic mass is 10.3. The van der Waals surface area contributed by atoms with Crippen molar-refractivity contribution in [3.63, 3.8) is 0 Å². The van der Waals surface area contributed by atoms with Gasteiger partial charge in [0.15, 0.2) is 16.6 Å². The summed E-state index contributed by atoms with van der Waals surface area (Å²) in [6.45, 7) is 0.236. The molecule has 1 saturated heterocycles. The molecular weight excluding hydrogens is 388 g/mol. The number of carbonyl (C=O) groups is 1. The van der Waals surface area contributed by atoms with Gasteiger partial charge in [0.1, 0.15) is 23.8 Å². The number of hydrogen-bond donors (Lipinski definition) is 1. The number of furan rings is 1. The van der Waals surface area contributed by atoms with Crippen LogP contribution in [0.1, 0.15) is 11.5 Å². The predicted octanol–water partition coefficient (Wildman–Crippen LogP) is 4.13. The first-order valence-corrected chi connectivity index (χ1v) is 9.33. The standard InChI is InChI=1S/C22H18N2O4S/c1-26-19-9-5-6-10-20(19)27-14-17-12-11-16(28-17)13-18-21(25)24(22(29)23-18)15-7-3-2-4-8-15/h2-13H,14H2,1H3,(H,23,29)/b18-13+. The van der Waals surface area contributed by atoms with E-state index in [1.54, 1.807) is 25.3 Å². The number of nitrogens with zero attached hydrogens (tertiary/aromatic N) is 1. The van der Waals surface area contributed by atoms with E-state index in [0.29, 0.717) is 39.5 Å². The van der Waals surface area contributed by atoms with Crippen LogP contribution in [-0.2, 0) is 11.4 Å². The zero-order valence-corrected chi connectivity index (χ0v) is 16.4. The summed E-state index contributed by atoms with van der Waals surface area (Å²) in [5.74, 6) is 2.19. The van der Waals surface area contributed by atoms with E-state index in [-0.39, 0.29) is 12.5 Å². The molecule has 0 spiro atoms. The number of hydrogen-bond acceptors (Lipinski definition) is 5. The molecule has 0 unspecified atom stereocenters. The summed E-state index contributed by atoms with van der Waals surface area (Å²) in [7, 11) is 1.59. The predicted molar refractivity (Wildman–Crippen MR) is 114 cm³/mol. The second-order valence-electron chi connectivity index (χ2n) is 6.21. The molecule has 0 radical (unpaired) electrons. The number of benzene rings is 2. The number of amides is 1. The second-order valence-corrected chi connectivity index (χ2v) is 6.59. The molecule has 6 nitrogen and oxygen atoms in total. The Labute approximate surface area is 173 Å². The van der Waals surface area contributed by atoms with Gasteiger partial charge in [0.2, 0.25) is 0 Å². The summed E-state index contributed by atoms with van der Waals surface area (Å²) in [6.07, 6.45) is 1.63.